The molecule has 4 nitrogen and oxygen atoms in total. The van der Waals surface area contributed by atoms with E-state index >= 15 is 0 Å². The fourth-order valence-electron chi connectivity index (χ4n) is 2.20. The number of carbonyl (C=O) groups is 1. The van der Waals surface area contributed by atoms with Crippen molar-refractivity contribution in [1.82, 2.24) is 9.80 Å². The highest BCUT2D eigenvalue weighted by molar-refractivity contribution is 5.76. The molecule has 0 aromatic rings. The second kappa shape index (κ2) is 7.67. The van der Waals surface area contributed by atoms with Crippen LogP contribution in [-0.2, 0) is 4.79 Å². The van der Waals surface area contributed by atoms with E-state index in [4.69, 9.17) is 5.73 Å². The highest BCUT2D eigenvalue weighted by atomic mass is 16.2. The molecule has 2 N–H and O–H groups in total. The minimum absolute atomic E-state index is 0.327. The monoisotopic (exact) mass is 241 g/mol. The Balaban J connectivity index is 2.32. The molecule has 0 bridgehead atoms. The normalized spacial score (nSPS) is 18.5. The molecule has 1 amide bonds. The Morgan fingerprint density at radius 2 is 2.00 bits per heavy atom. The number of hydrogen-bond acceptors (Lipinski definition) is 3. The van der Waals surface area contributed by atoms with Gasteiger partial charge in [0.2, 0.25) is 5.91 Å². The summed E-state index contributed by atoms with van der Waals surface area (Å²) in [6.45, 7) is 9.83. The molecule has 17 heavy (non-hydrogen) atoms. The summed E-state index contributed by atoms with van der Waals surface area (Å²) in [4.78, 5) is 16.4. The SMILES string of the molecule is CC(C)CCC(=O)N1CCCN(CCN)CC1. The summed E-state index contributed by atoms with van der Waals surface area (Å²) < 4.78 is 0. The molecule has 100 valence electrons. The number of rotatable bonds is 5. The Morgan fingerprint density at radius 1 is 1.24 bits per heavy atom. The van der Waals surface area contributed by atoms with Gasteiger partial charge in [0.05, 0.1) is 0 Å². The molecule has 0 aliphatic carbocycles. The van der Waals surface area contributed by atoms with E-state index in [1.807, 2.05) is 4.90 Å². The van der Waals surface area contributed by atoms with Gasteiger partial charge in [-0.2, -0.15) is 0 Å². The van der Waals surface area contributed by atoms with Crippen molar-refractivity contribution < 1.29 is 4.79 Å². The first-order chi connectivity index (χ1) is 8.13. The molecule has 1 heterocycles. The number of amides is 1. The van der Waals surface area contributed by atoms with Gasteiger partial charge in [0.15, 0.2) is 0 Å². The fourth-order valence-corrected chi connectivity index (χ4v) is 2.20. The Bertz CT molecular complexity index is 231. The molecule has 0 aromatic heterocycles. The number of carbonyl (C=O) groups excluding carboxylic acids is 1. The van der Waals surface area contributed by atoms with Crippen molar-refractivity contribution >= 4 is 5.91 Å². The predicted octanol–water partition coefficient (Wildman–Crippen LogP) is 0.916. The highest BCUT2D eigenvalue weighted by Crippen LogP contribution is 2.09. The first kappa shape index (κ1) is 14.5. The van der Waals surface area contributed by atoms with Crippen LogP contribution in [0.3, 0.4) is 0 Å². The van der Waals surface area contributed by atoms with E-state index in [2.05, 4.69) is 18.7 Å². The Kier molecular flexibility index (Phi) is 6.52. The van der Waals surface area contributed by atoms with Crippen molar-refractivity contribution in [3.63, 3.8) is 0 Å². The zero-order chi connectivity index (χ0) is 12.7. The average Bonchev–Trinajstić information content (AvgIpc) is 2.52. The first-order valence-corrected chi connectivity index (χ1v) is 6.83. The molecule has 0 atom stereocenters. The molecular formula is C13H27N3O. The lowest BCUT2D eigenvalue weighted by molar-refractivity contribution is -0.131. The van der Waals surface area contributed by atoms with Crippen molar-refractivity contribution in [2.24, 2.45) is 11.7 Å². The van der Waals surface area contributed by atoms with E-state index in [0.717, 1.165) is 45.6 Å². The van der Waals surface area contributed by atoms with Crippen molar-refractivity contribution in [2.45, 2.75) is 33.1 Å². The highest BCUT2D eigenvalue weighted by Gasteiger charge is 2.18. The largest absolute Gasteiger partial charge is 0.341 e. The standard InChI is InChI=1S/C13H27N3O/c1-12(2)4-5-13(17)16-8-3-7-15(9-6-14)10-11-16/h12H,3-11,14H2,1-2H3. The quantitative estimate of drug-likeness (QED) is 0.778. The van der Waals surface area contributed by atoms with Crippen molar-refractivity contribution in [2.75, 3.05) is 39.3 Å². The number of nitrogens with two attached hydrogens (primary N) is 1. The van der Waals surface area contributed by atoms with Gasteiger partial charge in [-0.15, -0.1) is 0 Å². The van der Waals surface area contributed by atoms with Gasteiger partial charge in [0.1, 0.15) is 0 Å². The summed E-state index contributed by atoms with van der Waals surface area (Å²) in [7, 11) is 0. The molecule has 1 fully saturated rings. The van der Waals surface area contributed by atoms with Crippen LogP contribution in [0.4, 0.5) is 0 Å². The van der Waals surface area contributed by atoms with Gasteiger partial charge in [-0.3, -0.25) is 4.79 Å². The van der Waals surface area contributed by atoms with Gasteiger partial charge in [0, 0.05) is 39.1 Å². The zero-order valence-corrected chi connectivity index (χ0v) is 11.3. The van der Waals surface area contributed by atoms with E-state index in [1.54, 1.807) is 0 Å². The van der Waals surface area contributed by atoms with Crippen LogP contribution in [-0.4, -0.2) is 55.0 Å². The van der Waals surface area contributed by atoms with Gasteiger partial charge in [-0.1, -0.05) is 13.8 Å². The van der Waals surface area contributed by atoms with Crippen molar-refractivity contribution in [1.29, 1.82) is 0 Å². The van der Waals surface area contributed by atoms with Gasteiger partial charge in [-0.05, 0) is 25.3 Å². The Morgan fingerprint density at radius 3 is 2.65 bits per heavy atom. The third-order valence-electron chi connectivity index (χ3n) is 3.32. The lowest BCUT2D eigenvalue weighted by atomic mass is 10.1. The van der Waals surface area contributed by atoms with E-state index in [0.29, 0.717) is 24.8 Å². The predicted molar refractivity (Wildman–Crippen MR) is 70.8 cm³/mol. The van der Waals surface area contributed by atoms with E-state index < -0.39 is 0 Å². The molecule has 1 aliphatic rings. The summed E-state index contributed by atoms with van der Waals surface area (Å²) >= 11 is 0. The summed E-state index contributed by atoms with van der Waals surface area (Å²) in [6.07, 6.45) is 2.78. The number of nitrogens with zero attached hydrogens (tertiary/aromatic N) is 2. The van der Waals surface area contributed by atoms with Gasteiger partial charge >= 0.3 is 0 Å². The van der Waals surface area contributed by atoms with Gasteiger partial charge in [-0.25, -0.2) is 0 Å². The lowest BCUT2D eigenvalue weighted by Crippen LogP contribution is -2.36. The van der Waals surface area contributed by atoms with Crippen molar-refractivity contribution in [3.8, 4) is 0 Å². The minimum atomic E-state index is 0.327. The third-order valence-corrected chi connectivity index (χ3v) is 3.32. The smallest absolute Gasteiger partial charge is 0.222 e. The molecule has 0 saturated carbocycles. The van der Waals surface area contributed by atoms with Crippen molar-refractivity contribution in [3.05, 3.63) is 0 Å². The van der Waals surface area contributed by atoms with Crippen LogP contribution < -0.4 is 5.73 Å². The summed E-state index contributed by atoms with van der Waals surface area (Å²) in [5.41, 5.74) is 5.56. The maximum Gasteiger partial charge on any atom is 0.222 e. The average molecular weight is 241 g/mol. The van der Waals surface area contributed by atoms with Crippen LogP contribution in [0.2, 0.25) is 0 Å². The van der Waals surface area contributed by atoms with Gasteiger partial charge < -0.3 is 15.5 Å². The third kappa shape index (κ3) is 5.50. The molecule has 1 rings (SSSR count). The Labute approximate surface area is 105 Å². The van der Waals surface area contributed by atoms with Crippen LogP contribution in [0.15, 0.2) is 0 Å². The van der Waals surface area contributed by atoms with Crippen LogP contribution >= 0.6 is 0 Å². The molecule has 0 aromatic carbocycles. The van der Waals surface area contributed by atoms with Crippen LogP contribution in [0.5, 0.6) is 0 Å². The molecular weight excluding hydrogens is 214 g/mol. The topological polar surface area (TPSA) is 49.6 Å². The van der Waals surface area contributed by atoms with Gasteiger partial charge in [0.25, 0.3) is 0 Å². The fraction of sp³-hybridized carbons (Fsp3) is 0.923. The second-order valence-electron chi connectivity index (χ2n) is 5.30. The molecule has 1 saturated heterocycles. The van der Waals surface area contributed by atoms with Crippen LogP contribution in [0.25, 0.3) is 0 Å². The second-order valence-corrected chi connectivity index (χ2v) is 5.30. The van der Waals surface area contributed by atoms with Crippen LogP contribution in [0, 0.1) is 5.92 Å². The Hall–Kier alpha value is -0.610. The molecule has 0 radical (unpaired) electrons. The van der Waals surface area contributed by atoms with E-state index in [9.17, 15) is 4.79 Å². The lowest BCUT2D eigenvalue weighted by Gasteiger charge is -2.22. The summed E-state index contributed by atoms with van der Waals surface area (Å²) in [6, 6.07) is 0. The molecule has 0 unspecified atom stereocenters. The van der Waals surface area contributed by atoms with E-state index in [-0.39, 0.29) is 0 Å². The maximum atomic E-state index is 12.0. The summed E-state index contributed by atoms with van der Waals surface area (Å²) in [5, 5.41) is 0. The zero-order valence-electron chi connectivity index (χ0n) is 11.3. The minimum Gasteiger partial charge on any atom is -0.341 e. The first-order valence-electron chi connectivity index (χ1n) is 6.83. The van der Waals surface area contributed by atoms with Crippen LogP contribution in [0.1, 0.15) is 33.1 Å². The molecule has 1 aliphatic heterocycles. The molecule has 0 spiro atoms. The van der Waals surface area contributed by atoms with E-state index in [1.165, 1.54) is 0 Å². The maximum absolute atomic E-state index is 12.0. The molecule has 4 heteroatoms. The number of hydrogen-bond donors (Lipinski definition) is 1. The summed E-state index contributed by atoms with van der Waals surface area (Å²) in [5.74, 6) is 0.938.